The van der Waals surface area contributed by atoms with Crippen LogP contribution < -0.4 is 10.2 Å². The Morgan fingerprint density at radius 1 is 1.44 bits per heavy atom. The first-order valence-electron chi connectivity index (χ1n) is 5.49. The Morgan fingerprint density at radius 2 is 2.22 bits per heavy atom. The first kappa shape index (κ1) is 12.8. The van der Waals surface area contributed by atoms with Crippen molar-refractivity contribution in [3.05, 3.63) is 28.6 Å². The number of rotatable bonds is 4. The Hall–Kier alpha value is -1.63. The van der Waals surface area contributed by atoms with Crippen molar-refractivity contribution in [2.75, 3.05) is 24.3 Å². The monoisotopic (exact) mass is 310 g/mol. The van der Waals surface area contributed by atoms with Crippen LogP contribution in [0, 0.1) is 0 Å². The summed E-state index contributed by atoms with van der Waals surface area (Å²) in [5.41, 5.74) is 1.14. The Kier molecular flexibility index (Phi) is 3.81. The maximum absolute atomic E-state index is 4.42. The van der Waals surface area contributed by atoms with Gasteiger partial charge in [-0.3, -0.25) is 4.68 Å². The number of halogens is 1. The highest BCUT2D eigenvalue weighted by Crippen LogP contribution is 2.24. The van der Waals surface area contributed by atoms with Crippen LogP contribution in [0.4, 0.5) is 11.8 Å². The molecule has 0 amide bonds. The number of aryl methyl sites for hydroxylation is 1. The van der Waals surface area contributed by atoms with Gasteiger partial charge in [-0.2, -0.15) is 10.1 Å². The zero-order chi connectivity index (χ0) is 13.1. The molecule has 18 heavy (non-hydrogen) atoms. The number of anilines is 2. The summed E-state index contributed by atoms with van der Waals surface area (Å²) < 4.78 is 2.66. The number of hydrogen-bond donors (Lipinski definition) is 1. The zero-order valence-electron chi connectivity index (χ0n) is 10.6. The van der Waals surface area contributed by atoms with Gasteiger partial charge in [-0.05, 0) is 15.9 Å². The van der Waals surface area contributed by atoms with E-state index in [0.29, 0.717) is 5.95 Å². The minimum absolute atomic E-state index is 0.603. The van der Waals surface area contributed by atoms with Crippen molar-refractivity contribution in [3.8, 4) is 0 Å². The first-order chi connectivity index (χ1) is 8.60. The highest BCUT2D eigenvalue weighted by atomic mass is 79.9. The first-order valence-corrected chi connectivity index (χ1v) is 6.28. The molecule has 2 aromatic heterocycles. The summed E-state index contributed by atoms with van der Waals surface area (Å²) in [5.74, 6) is 1.45. The second-order valence-electron chi connectivity index (χ2n) is 3.99. The molecular formula is C11H15BrN6. The molecule has 0 aliphatic heterocycles. The normalized spacial score (nSPS) is 10.4. The van der Waals surface area contributed by atoms with Gasteiger partial charge in [0.2, 0.25) is 5.95 Å². The van der Waals surface area contributed by atoms with Gasteiger partial charge in [-0.1, -0.05) is 0 Å². The fraction of sp³-hybridized carbons (Fsp3) is 0.364. The molecule has 2 rings (SSSR count). The van der Waals surface area contributed by atoms with Gasteiger partial charge in [-0.25, -0.2) is 4.98 Å². The highest BCUT2D eigenvalue weighted by Gasteiger charge is 2.10. The van der Waals surface area contributed by atoms with Crippen LogP contribution in [0.15, 0.2) is 23.1 Å². The van der Waals surface area contributed by atoms with Gasteiger partial charge in [0.1, 0.15) is 5.82 Å². The van der Waals surface area contributed by atoms with E-state index in [0.717, 1.165) is 22.4 Å². The molecule has 6 nitrogen and oxygen atoms in total. The van der Waals surface area contributed by atoms with E-state index in [1.165, 1.54) is 0 Å². The molecule has 0 atom stereocenters. The van der Waals surface area contributed by atoms with E-state index in [2.05, 4.69) is 36.3 Å². The molecule has 0 aliphatic carbocycles. The lowest BCUT2D eigenvalue weighted by atomic mass is 10.3. The van der Waals surface area contributed by atoms with Crippen LogP contribution in [-0.4, -0.2) is 33.8 Å². The van der Waals surface area contributed by atoms with Crippen LogP contribution in [0.2, 0.25) is 0 Å². The number of aromatic nitrogens is 4. The summed E-state index contributed by atoms with van der Waals surface area (Å²) in [6.45, 7) is 0.743. The van der Waals surface area contributed by atoms with E-state index in [1.807, 2.05) is 31.4 Å². The third-order valence-electron chi connectivity index (χ3n) is 2.49. The molecule has 0 aromatic carbocycles. The molecule has 2 heterocycles. The van der Waals surface area contributed by atoms with E-state index < -0.39 is 0 Å². The molecule has 1 N–H and O–H groups in total. The van der Waals surface area contributed by atoms with Crippen LogP contribution in [0.1, 0.15) is 5.56 Å². The fourth-order valence-electron chi connectivity index (χ4n) is 1.65. The average Bonchev–Trinajstić information content (AvgIpc) is 2.75. The minimum atomic E-state index is 0.603. The summed E-state index contributed by atoms with van der Waals surface area (Å²) in [7, 11) is 5.69. The van der Waals surface area contributed by atoms with Gasteiger partial charge in [0, 0.05) is 45.6 Å². The summed E-state index contributed by atoms with van der Waals surface area (Å²) in [6, 6.07) is 0. The molecule has 0 unspecified atom stereocenters. The highest BCUT2D eigenvalue weighted by molar-refractivity contribution is 9.10. The third kappa shape index (κ3) is 2.79. The van der Waals surface area contributed by atoms with Crippen LogP contribution in [0.5, 0.6) is 0 Å². The summed E-state index contributed by atoms with van der Waals surface area (Å²) in [6.07, 6.45) is 5.59. The predicted octanol–water partition coefficient (Wildman–Crippen LogP) is 1.65. The van der Waals surface area contributed by atoms with Crippen molar-refractivity contribution in [2.24, 2.45) is 7.05 Å². The molecular weight excluding hydrogens is 296 g/mol. The lowest BCUT2D eigenvalue weighted by Gasteiger charge is -2.18. The molecule has 96 valence electrons. The SMILES string of the molecule is CNc1ncc(Br)c(N(C)Cc2cnn(C)c2)n1. The van der Waals surface area contributed by atoms with Crippen molar-refractivity contribution < 1.29 is 0 Å². The maximum atomic E-state index is 4.42. The van der Waals surface area contributed by atoms with E-state index in [1.54, 1.807) is 17.9 Å². The van der Waals surface area contributed by atoms with Crippen LogP contribution in [0.25, 0.3) is 0 Å². The Labute approximate surface area is 114 Å². The average molecular weight is 311 g/mol. The van der Waals surface area contributed by atoms with Crippen LogP contribution in [0.3, 0.4) is 0 Å². The van der Waals surface area contributed by atoms with Crippen molar-refractivity contribution in [1.82, 2.24) is 19.7 Å². The van der Waals surface area contributed by atoms with Crippen molar-refractivity contribution in [1.29, 1.82) is 0 Å². The molecule has 0 spiro atoms. The van der Waals surface area contributed by atoms with Crippen LogP contribution >= 0.6 is 15.9 Å². The van der Waals surface area contributed by atoms with E-state index in [-0.39, 0.29) is 0 Å². The van der Waals surface area contributed by atoms with Gasteiger partial charge < -0.3 is 10.2 Å². The topological polar surface area (TPSA) is 58.9 Å². The van der Waals surface area contributed by atoms with E-state index in [9.17, 15) is 0 Å². The lowest BCUT2D eigenvalue weighted by molar-refractivity contribution is 0.766. The Morgan fingerprint density at radius 3 is 2.83 bits per heavy atom. The van der Waals surface area contributed by atoms with Gasteiger partial charge in [0.15, 0.2) is 0 Å². The van der Waals surface area contributed by atoms with Gasteiger partial charge in [-0.15, -0.1) is 0 Å². The standard InChI is InChI=1S/C11H15BrN6/c1-13-11-14-5-9(12)10(16-11)17(2)6-8-4-15-18(3)7-8/h4-5,7H,6H2,1-3H3,(H,13,14,16). The third-order valence-corrected chi connectivity index (χ3v) is 3.05. The van der Waals surface area contributed by atoms with Gasteiger partial charge in [0.05, 0.1) is 10.7 Å². The quantitative estimate of drug-likeness (QED) is 0.930. The molecule has 2 aromatic rings. The van der Waals surface area contributed by atoms with Gasteiger partial charge in [0.25, 0.3) is 0 Å². The number of hydrogen-bond acceptors (Lipinski definition) is 5. The smallest absolute Gasteiger partial charge is 0.224 e. The second kappa shape index (κ2) is 5.34. The largest absolute Gasteiger partial charge is 0.357 e. The number of nitrogens with zero attached hydrogens (tertiary/aromatic N) is 5. The molecule has 7 heteroatoms. The predicted molar refractivity (Wildman–Crippen MR) is 74.6 cm³/mol. The second-order valence-corrected chi connectivity index (χ2v) is 4.85. The van der Waals surface area contributed by atoms with Crippen molar-refractivity contribution in [3.63, 3.8) is 0 Å². The zero-order valence-corrected chi connectivity index (χ0v) is 12.1. The molecule has 0 saturated carbocycles. The Balaban J connectivity index is 2.20. The Bertz CT molecular complexity index is 538. The van der Waals surface area contributed by atoms with E-state index >= 15 is 0 Å². The molecule has 0 saturated heterocycles. The van der Waals surface area contributed by atoms with Crippen LogP contribution in [-0.2, 0) is 13.6 Å². The fourth-order valence-corrected chi connectivity index (χ4v) is 2.14. The minimum Gasteiger partial charge on any atom is -0.357 e. The summed E-state index contributed by atoms with van der Waals surface area (Å²) in [4.78, 5) is 10.6. The molecule has 0 bridgehead atoms. The van der Waals surface area contributed by atoms with Crippen molar-refractivity contribution >= 4 is 27.7 Å². The maximum Gasteiger partial charge on any atom is 0.224 e. The van der Waals surface area contributed by atoms with Gasteiger partial charge >= 0.3 is 0 Å². The lowest BCUT2D eigenvalue weighted by Crippen LogP contribution is -2.18. The summed E-state index contributed by atoms with van der Waals surface area (Å²) in [5, 5.41) is 7.08. The van der Waals surface area contributed by atoms with Crippen molar-refractivity contribution in [2.45, 2.75) is 6.54 Å². The molecule has 0 aliphatic rings. The molecule has 0 fully saturated rings. The van der Waals surface area contributed by atoms with E-state index in [4.69, 9.17) is 0 Å². The summed E-state index contributed by atoms with van der Waals surface area (Å²) >= 11 is 3.46. The molecule has 0 radical (unpaired) electrons. The number of nitrogens with one attached hydrogen (secondary N) is 1.